The van der Waals surface area contributed by atoms with Gasteiger partial charge in [-0.25, -0.2) is 0 Å². The average Bonchev–Trinajstić information content (AvgIpc) is 2.69. The van der Waals surface area contributed by atoms with E-state index in [4.69, 9.17) is 12.2 Å². The van der Waals surface area contributed by atoms with Crippen molar-refractivity contribution in [3.8, 4) is 0 Å². The number of thiocarbonyl (C=S) groups is 1. The lowest BCUT2D eigenvalue weighted by Crippen LogP contribution is -2.31. The van der Waals surface area contributed by atoms with E-state index in [0.717, 1.165) is 12.1 Å². The number of aryl methyl sites for hydroxylation is 1. The Bertz CT molecular complexity index is 703. The molecule has 1 saturated heterocycles. The van der Waals surface area contributed by atoms with E-state index in [1.165, 1.54) is 49.2 Å². The van der Waals surface area contributed by atoms with Crippen LogP contribution in [0.3, 0.4) is 0 Å². The highest BCUT2D eigenvalue weighted by Crippen LogP contribution is 2.22. The van der Waals surface area contributed by atoms with Crippen molar-refractivity contribution in [1.29, 1.82) is 0 Å². The fourth-order valence-electron chi connectivity index (χ4n) is 3.40. The quantitative estimate of drug-likeness (QED) is 0.703. The van der Waals surface area contributed by atoms with E-state index < -0.39 is 0 Å². The Morgan fingerprint density at radius 3 is 2.27 bits per heavy atom. The summed E-state index contributed by atoms with van der Waals surface area (Å²) in [7, 11) is 0. The third kappa shape index (κ3) is 4.98. The van der Waals surface area contributed by atoms with E-state index in [1.807, 2.05) is 0 Å². The van der Waals surface area contributed by atoms with E-state index in [9.17, 15) is 0 Å². The molecule has 3 rings (SSSR count). The molecule has 26 heavy (non-hydrogen) atoms. The van der Waals surface area contributed by atoms with E-state index in [0.29, 0.717) is 5.11 Å². The van der Waals surface area contributed by atoms with Crippen LogP contribution >= 0.6 is 12.2 Å². The van der Waals surface area contributed by atoms with Gasteiger partial charge < -0.3 is 15.5 Å². The third-order valence-corrected chi connectivity index (χ3v) is 5.30. The van der Waals surface area contributed by atoms with Crippen LogP contribution in [0.2, 0.25) is 0 Å². The summed E-state index contributed by atoms with van der Waals surface area (Å²) in [5.74, 6) is 0. The van der Waals surface area contributed by atoms with Gasteiger partial charge in [0.05, 0.1) is 6.04 Å². The maximum absolute atomic E-state index is 5.47. The van der Waals surface area contributed by atoms with Gasteiger partial charge in [0.25, 0.3) is 0 Å². The summed E-state index contributed by atoms with van der Waals surface area (Å²) in [6.07, 6.45) is 5.02. The highest BCUT2D eigenvalue weighted by atomic mass is 32.1. The second-order valence-corrected chi connectivity index (χ2v) is 7.42. The van der Waals surface area contributed by atoms with E-state index in [1.54, 1.807) is 0 Å². The monoisotopic (exact) mass is 367 g/mol. The Labute approximate surface area is 162 Å². The smallest absolute Gasteiger partial charge is 0.171 e. The van der Waals surface area contributed by atoms with Crippen LogP contribution in [0.15, 0.2) is 48.5 Å². The number of benzene rings is 2. The summed E-state index contributed by atoms with van der Waals surface area (Å²) in [5, 5.41) is 7.30. The molecule has 1 heterocycles. The number of rotatable bonds is 5. The summed E-state index contributed by atoms with van der Waals surface area (Å²) < 4.78 is 0. The molecular weight excluding hydrogens is 338 g/mol. The van der Waals surface area contributed by atoms with Crippen molar-refractivity contribution in [1.82, 2.24) is 5.32 Å². The molecule has 0 aliphatic carbocycles. The Hall–Kier alpha value is -2.07. The summed E-state index contributed by atoms with van der Waals surface area (Å²) in [6, 6.07) is 17.5. The van der Waals surface area contributed by atoms with Crippen LogP contribution in [0.5, 0.6) is 0 Å². The fourth-order valence-corrected chi connectivity index (χ4v) is 3.69. The Balaban J connectivity index is 1.54. The molecule has 138 valence electrons. The first-order chi connectivity index (χ1) is 12.7. The van der Waals surface area contributed by atoms with E-state index in [2.05, 4.69) is 77.9 Å². The number of nitrogens with zero attached hydrogens (tertiary/aromatic N) is 1. The summed E-state index contributed by atoms with van der Waals surface area (Å²) in [6.45, 7) is 6.66. The van der Waals surface area contributed by atoms with Gasteiger partial charge in [0.15, 0.2) is 5.11 Å². The predicted octanol–water partition coefficient (Wildman–Crippen LogP) is 5.29. The molecular formula is C22H29N3S. The van der Waals surface area contributed by atoms with Gasteiger partial charge in [-0.2, -0.15) is 0 Å². The molecule has 2 aromatic rings. The Kier molecular flexibility index (Phi) is 6.51. The van der Waals surface area contributed by atoms with Gasteiger partial charge in [0, 0.05) is 24.5 Å². The van der Waals surface area contributed by atoms with Gasteiger partial charge in [-0.05, 0) is 80.2 Å². The van der Waals surface area contributed by atoms with Crippen molar-refractivity contribution in [2.75, 3.05) is 23.3 Å². The Morgan fingerprint density at radius 1 is 1.00 bits per heavy atom. The van der Waals surface area contributed by atoms with Crippen LogP contribution in [0.4, 0.5) is 11.4 Å². The molecule has 0 radical (unpaired) electrons. The van der Waals surface area contributed by atoms with Crippen LogP contribution in [-0.2, 0) is 6.42 Å². The largest absolute Gasteiger partial charge is 0.372 e. The number of nitrogens with one attached hydrogen (secondary N) is 2. The standard InChI is InChI=1S/C22H29N3S/c1-3-18-7-11-20(12-8-18)24-22(26)23-17(2)19-9-13-21(14-10-19)25-15-5-4-6-16-25/h7-14,17H,3-6,15-16H2,1-2H3,(H2,23,24,26)/t17-/m0/s1. The molecule has 3 nitrogen and oxygen atoms in total. The van der Waals surface area contributed by atoms with Gasteiger partial charge >= 0.3 is 0 Å². The first-order valence-electron chi connectivity index (χ1n) is 9.67. The molecule has 2 aromatic carbocycles. The Morgan fingerprint density at radius 2 is 1.65 bits per heavy atom. The minimum absolute atomic E-state index is 0.167. The van der Waals surface area contributed by atoms with Gasteiger partial charge in [-0.3, -0.25) is 0 Å². The van der Waals surface area contributed by atoms with Crippen LogP contribution in [0, 0.1) is 0 Å². The molecule has 0 saturated carbocycles. The zero-order valence-corrected chi connectivity index (χ0v) is 16.6. The normalized spacial score (nSPS) is 15.4. The highest BCUT2D eigenvalue weighted by molar-refractivity contribution is 7.80. The van der Waals surface area contributed by atoms with Gasteiger partial charge in [0.2, 0.25) is 0 Å². The molecule has 0 amide bonds. The summed E-state index contributed by atoms with van der Waals surface area (Å²) in [4.78, 5) is 2.48. The zero-order chi connectivity index (χ0) is 18.4. The number of piperidine rings is 1. The van der Waals surface area contributed by atoms with Crippen molar-refractivity contribution in [2.45, 2.75) is 45.6 Å². The van der Waals surface area contributed by atoms with Crippen LogP contribution < -0.4 is 15.5 Å². The lowest BCUT2D eigenvalue weighted by atomic mass is 10.1. The van der Waals surface area contributed by atoms with E-state index in [-0.39, 0.29) is 6.04 Å². The van der Waals surface area contributed by atoms with Gasteiger partial charge in [-0.15, -0.1) is 0 Å². The fraction of sp³-hybridized carbons (Fsp3) is 0.409. The molecule has 1 atom stereocenters. The molecule has 0 aromatic heterocycles. The number of anilines is 2. The third-order valence-electron chi connectivity index (χ3n) is 5.08. The lowest BCUT2D eigenvalue weighted by Gasteiger charge is -2.29. The van der Waals surface area contributed by atoms with Crippen LogP contribution in [0.1, 0.15) is 50.3 Å². The van der Waals surface area contributed by atoms with E-state index >= 15 is 0 Å². The maximum atomic E-state index is 5.47. The molecule has 1 aliphatic heterocycles. The van der Waals surface area contributed by atoms with Crippen molar-refractivity contribution in [3.05, 3.63) is 59.7 Å². The first kappa shape index (κ1) is 18.7. The zero-order valence-electron chi connectivity index (χ0n) is 15.8. The lowest BCUT2D eigenvalue weighted by molar-refractivity contribution is 0.577. The summed E-state index contributed by atoms with van der Waals surface area (Å²) >= 11 is 5.47. The second-order valence-electron chi connectivity index (χ2n) is 7.01. The SMILES string of the molecule is CCc1ccc(NC(=S)N[C@@H](C)c2ccc(N3CCCCC3)cc2)cc1. The van der Waals surface area contributed by atoms with Crippen molar-refractivity contribution in [2.24, 2.45) is 0 Å². The van der Waals surface area contributed by atoms with Gasteiger partial charge in [-0.1, -0.05) is 31.2 Å². The van der Waals surface area contributed by atoms with Crippen LogP contribution in [0.25, 0.3) is 0 Å². The van der Waals surface area contributed by atoms with Crippen molar-refractivity contribution < 1.29 is 0 Å². The van der Waals surface area contributed by atoms with Crippen LogP contribution in [-0.4, -0.2) is 18.2 Å². The number of hydrogen-bond donors (Lipinski definition) is 2. The minimum Gasteiger partial charge on any atom is -0.372 e. The van der Waals surface area contributed by atoms with Crippen molar-refractivity contribution >= 4 is 28.7 Å². The molecule has 0 spiro atoms. The summed E-state index contributed by atoms with van der Waals surface area (Å²) in [5.41, 5.74) is 4.93. The molecule has 0 unspecified atom stereocenters. The van der Waals surface area contributed by atoms with Crippen molar-refractivity contribution in [3.63, 3.8) is 0 Å². The topological polar surface area (TPSA) is 27.3 Å². The molecule has 2 N–H and O–H groups in total. The predicted molar refractivity (Wildman–Crippen MR) is 116 cm³/mol. The maximum Gasteiger partial charge on any atom is 0.171 e. The molecule has 4 heteroatoms. The molecule has 0 bridgehead atoms. The molecule has 1 aliphatic rings. The average molecular weight is 368 g/mol. The highest BCUT2D eigenvalue weighted by Gasteiger charge is 2.12. The minimum atomic E-state index is 0.167. The second kappa shape index (κ2) is 9.04. The molecule has 1 fully saturated rings. The first-order valence-corrected chi connectivity index (χ1v) is 10.1. The number of hydrogen-bond acceptors (Lipinski definition) is 2. The van der Waals surface area contributed by atoms with Gasteiger partial charge in [0.1, 0.15) is 0 Å².